The van der Waals surface area contributed by atoms with Crippen molar-refractivity contribution < 1.29 is 4.39 Å². The molecule has 0 saturated heterocycles. The summed E-state index contributed by atoms with van der Waals surface area (Å²) in [6, 6.07) is 5.10. The van der Waals surface area contributed by atoms with Crippen LogP contribution in [-0.2, 0) is 0 Å². The van der Waals surface area contributed by atoms with Gasteiger partial charge in [-0.3, -0.25) is 9.67 Å². The SMILES string of the molecule is Cc1ccc(F)c(-c2n[nH]c(=S)n2C(C)C)c1. The predicted molar refractivity (Wildman–Crippen MR) is 67.9 cm³/mol. The Morgan fingerprint density at radius 2 is 2.12 bits per heavy atom. The van der Waals surface area contributed by atoms with Crippen molar-refractivity contribution in [2.45, 2.75) is 26.8 Å². The lowest BCUT2D eigenvalue weighted by Gasteiger charge is -2.11. The Balaban J connectivity index is 2.69. The standard InChI is InChI=1S/C12H14FN3S/c1-7(2)16-11(14-15-12(16)17)9-6-8(3)4-5-10(9)13/h4-7H,1-3H3,(H,15,17). The maximum absolute atomic E-state index is 13.8. The largest absolute Gasteiger partial charge is 0.298 e. The Bertz CT molecular complexity index is 598. The lowest BCUT2D eigenvalue weighted by atomic mass is 10.1. The van der Waals surface area contributed by atoms with E-state index in [9.17, 15) is 4.39 Å². The molecule has 0 spiro atoms. The van der Waals surface area contributed by atoms with Crippen molar-refractivity contribution in [2.24, 2.45) is 0 Å². The molecule has 2 rings (SSSR count). The summed E-state index contributed by atoms with van der Waals surface area (Å²) in [6.07, 6.45) is 0. The molecule has 1 aromatic carbocycles. The fourth-order valence-corrected chi connectivity index (χ4v) is 2.13. The van der Waals surface area contributed by atoms with Gasteiger partial charge in [-0.15, -0.1) is 0 Å². The summed E-state index contributed by atoms with van der Waals surface area (Å²) in [5.41, 5.74) is 1.47. The van der Waals surface area contributed by atoms with Crippen molar-refractivity contribution >= 4 is 12.2 Å². The maximum Gasteiger partial charge on any atom is 0.195 e. The molecule has 90 valence electrons. The summed E-state index contributed by atoms with van der Waals surface area (Å²) in [4.78, 5) is 0. The Morgan fingerprint density at radius 3 is 2.76 bits per heavy atom. The Morgan fingerprint density at radius 1 is 1.41 bits per heavy atom. The van der Waals surface area contributed by atoms with Crippen molar-refractivity contribution in [3.05, 3.63) is 34.4 Å². The summed E-state index contributed by atoms with van der Waals surface area (Å²) < 4.78 is 16.1. The van der Waals surface area contributed by atoms with Crippen LogP contribution in [0.2, 0.25) is 0 Å². The first-order valence-corrected chi connectivity index (χ1v) is 5.85. The molecule has 17 heavy (non-hydrogen) atoms. The number of hydrogen-bond acceptors (Lipinski definition) is 2. The summed E-state index contributed by atoms with van der Waals surface area (Å²) in [7, 11) is 0. The highest BCUT2D eigenvalue weighted by atomic mass is 32.1. The van der Waals surface area contributed by atoms with Crippen molar-refractivity contribution in [2.75, 3.05) is 0 Å². The minimum absolute atomic E-state index is 0.135. The van der Waals surface area contributed by atoms with E-state index in [1.54, 1.807) is 12.1 Å². The average Bonchev–Trinajstić information content (AvgIpc) is 2.64. The van der Waals surface area contributed by atoms with E-state index < -0.39 is 0 Å². The summed E-state index contributed by atoms with van der Waals surface area (Å²) >= 11 is 5.15. The molecule has 0 fully saturated rings. The smallest absolute Gasteiger partial charge is 0.195 e. The Kier molecular flexibility index (Phi) is 3.11. The second-order valence-corrected chi connectivity index (χ2v) is 4.69. The molecule has 5 heteroatoms. The van der Waals surface area contributed by atoms with E-state index in [0.717, 1.165) is 5.56 Å². The zero-order valence-corrected chi connectivity index (χ0v) is 10.8. The van der Waals surface area contributed by atoms with Crippen LogP contribution < -0.4 is 0 Å². The highest BCUT2D eigenvalue weighted by Crippen LogP contribution is 2.24. The van der Waals surface area contributed by atoms with E-state index >= 15 is 0 Å². The summed E-state index contributed by atoms with van der Waals surface area (Å²) in [6.45, 7) is 5.90. The molecule has 0 atom stereocenters. The van der Waals surface area contributed by atoms with E-state index in [2.05, 4.69) is 10.2 Å². The minimum atomic E-state index is -0.286. The third-order valence-corrected chi connectivity index (χ3v) is 2.87. The maximum atomic E-state index is 13.8. The number of benzene rings is 1. The summed E-state index contributed by atoms with van der Waals surface area (Å²) in [5.74, 6) is 0.262. The molecule has 0 radical (unpaired) electrons. The molecule has 0 saturated carbocycles. The van der Waals surface area contributed by atoms with Crippen molar-refractivity contribution in [1.82, 2.24) is 14.8 Å². The first kappa shape index (κ1) is 12.0. The van der Waals surface area contributed by atoms with Gasteiger partial charge in [-0.05, 0) is 45.1 Å². The van der Waals surface area contributed by atoms with E-state index in [-0.39, 0.29) is 11.9 Å². The zero-order chi connectivity index (χ0) is 12.6. The van der Waals surface area contributed by atoms with Crippen molar-refractivity contribution in [3.63, 3.8) is 0 Å². The number of aryl methyl sites for hydroxylation is 1. The second kappa shape index (κ2) is 4.41. The van der Waals surface area contributed by atoms with Gasteiger partial charge in [0.15, 0.2) is 10.6 Å². The van der Waals surface area contributed by atoms with Crippen LogP contribution in [0.15, 0.2) is 18.2 Å². The zero-order valence-electron chi connectivity index (χ0n) is 9.99. The molecule has 0 unspecified atom stereocenters. The number of aromatic amines is 1. The van der Waals surface area contributed by atoms with Crippen LogP contribution in [0.25, 0.3) is 11.4 Å². The molecule has 1 aromatic heterocycles. The van der Waals surface area contributed by atoms with E-state index in [1.165, 1.54) is 6.07 Å². The number of nitrogens with one attached hydrogen (secondary N) is 1. The highest BCUT2D eigenvalue weighted by Gasteiger charge is 2.15. The van der Waals surface area contributed by atoms with E-state index in [0.29, 0.717) is 16.2 Å². The molecule has 1 heterocycles. The fraction of sp³-hybridized carbons (Fsp3) is 0.333. The first-order valence-electron chi connectivity index (χ1n) is 5.44. The third-order valence-electron chi connectivity index (χ3n) is 2.58. The van der Waals surface area contributed by atoms with Gasteiger partial charge in [0.2, 0.25) is 0 Å². The van der Waals surface area contributed by atoms with Crippen LogP contribution in [0.5, 0.6) is 0 Å². The number of nitrogens with zero attached hydrogens (tertiary/aromatic N) is 2. The monoisotopic (exact) mass is 251 g/mol. The van der Waals surface area contributed by atoms with Crippen molar-refractivity contribution in [3.8, 4) is 11.4 Å². The third kappa shape index (κ3) is 2.15. The molecule has 0 aliphatic heterocycles. The Hall–Kier alpha value is -1.49. The Labute approximate surface area is 104 Å². The molecule has 3 nitrogen and oxygen atoms in total. The second-order valence-electron chi connectivity index (χ2n) is 4.30. The van der Waals surface area contributed by atoms with Gasteiger partial charge in [0.25, 0.3) is 0 Å². The lowest BCUT2D eigenvalue weighted by molar-refractivity contribution is 0.588. The molecule has 0 amide bonds. The highest BCUT2D eigenvalue weighted by molar-refractivity contribution is 7.71. The van der Waals surface area contributed by atoms with Gasteiger partial charge in [-0.1, -0.05) is 11.6 Å². The quantitative estimate of drug-likeness (QED) is 0.827. The van der Waals surface area contributed by atoms with Gasteiger partial charge in [0, 0.05) is 6.04 Å². The number of H-pyrrole nitrogens is 1. The number of aromatic nitrogens is 3. The molecular formula is C12H14FN3S. The van der Waals surface area contributed by atoms with Gasteiger partial charge in [-0.25, -0.2) is 4.39 Å². The number of hydrogen-bond donors (Lipinski definition) is 1. The van der Waals surface area contributed by atoms with Crippen LogP contribution in [0.4, 0.5) is 4.39 Å². The number of halogens is 1. The molecule has 0 aliphatic carbocycles. The predicted octanol–water partition coefficient (Wildman–Crippen LogP) is 3.64. The van der Waals surface area contributed by atoms with Crippen LogP contribution in [0, 0.1) is 17.5 Å². The molecule has 0 bridgehead atoms. The fourth-order valence-electron chi connectivity index (χ4n) is 1.78. The lowest BCUT2D eigenvalue weighted by Crippen LogP contribution is -2.04. The van der Waals surface area contributed by atoms with Crippen LogP contribution >= 0.6 is 12.2 Å². The topological polar surface area (TPSA) is 33.6 Å². The van der Waals surface area contributed by atoms with Gasteiger partial charge < -0.3 is 0 Å². The first-order chi connectivity index (χ1) is 8.00. The van der Waals surface area contributed by atoms with Crippen LogP contribution in [-0.4, -0.2) is 14.8 Å². The van der Waals surface area contributed by atoms with Gasteiger partial charge >= 0.3 is 0 Å². The van der Waals surface area contributed by atoms with Crippen molar-refractivity contribution in [1.29, 1.82) is 0 Å². The molecule has 0 aliphatic rings. The van der Waals surface area contributed by atoms with Crippen LogP contribution in [0.1, 0.15) is 25.5 Å². The van der Waals surface area contributed by atoms with Gasteiger partial charge in [0.1, 0.15) is 5.82 Å². The van der Waals surface area contributed by atoms with Gasteiger partial charge in [-0.2, -0.15) is 5.10 Å². The van der Waals surface area contributed by atoms with Crippen LogP contribution in [0.3, 0.4) is 0 Å². The molecular weight excluding hydrogens is 237 g/mol. The molecule has 1 N–H and O–H groups in total. The molecule has 2 aromatic rings. The summed E-state index contributed by atoms with van der Waals surface area (Å²) in [5, 5.41) is 6.83. The normalized spacial score (nSPS) is 11.1. The minimum Gasteiger partial charge on any atom is -0.298 e. The average molecular weight is 251 g/mol. The van der Waals surface area contributed by atoms with Gasteiger partial charge in [0.05, 0.1) is 5.56 Å². The van der Waals surface area contributed by atoms with E-state index in [1.807, 2.05) is 25.3 Å². The number of rotatable bonds is 2. The van der Waals surface area contributed by atoms with E-state index in [4.69, 9.17) is 12.2 Å².